The molecule has 0 radical (unpaired) electrons. The molecule has 1 aliphatic heterocycles. The maximum Gasteiger partial charge on any atom is 0.215 e. The van der Waals surface area contributed by atoms with E-state index in [4.69, 9.17) is 5.26 Å². The fourth-order valence-corrected chi connectivity index (χ4v) is 4.13. The van der Waals surface area contributed by atoms with E-state index in [1.54, 1.807) is 24.3 Å². The molecule has 0 aliphatic carbocycles. The van der Waals surface area contributed by atoms with Gasteiger partial charge in [-0.15, -0.1) is 12.4 Å². The van der Waals surface area contributed by atoms with Crippen molar-refractivity contribution in [1.82, 2.24) is 10.0 Å². The van der Waals surface area contributed by atoms with E-state index in [1.165, 1.54) is 5.56 Å². The van der Waals surface area contributed by atoms with Crippen molar-refractivity contribution in [2.45, 2.75) is 18.2 Å². The smallest absolute Gasteiger partial charge is 0.215 e. The number of sulfonamides is 1. The largest absolute Gasteiger partial charge is 0.308 e. The number of hydrogen-bond acceptors (Lipinski definition) is 4. The number of rotatable bonds is 5. The Morgan fingerprint density at radius 2 is 2.00 bits per heavy atom. The van der Waals surface area contributed by atoms with E-state index >= 15 is 0 Å². The zero-order valence-corrected chi connectivity index (χ0v) is 15.2. The predicted molar refractivity (Wildman–Crippen MR) is 99.9 cm³/mol. The molecule has 132 valence electrons. The van der Waals surface area contributed by atoms with E-state index in [-0.39, 0.29) is 24.2 Å². The summed E-state index contributed by atoms with van der Waals surface area (Å²) in [5, 5.41) is 12.3. The third kappa shape index (κ3) is 5.03. The Hall–Kier alpha value is -1.91. The van der Waals surface area contributed by atoms with Crippen molar-refractivity contribution in [3.63, 3.8) is 0 Å². The number of fused-ring (bicyclic) bond motifs is 1. The molecule has 1 aliphatic rings. The maximum atomic E-state index is 12.3. The van der Waals surface area contributed by atoms with Gasteiger partial charge in [-0.1, -0.05) is 36.4 Å². The maximum absolute atomic E-state index is 12.3. The molecule has 5 nitrogen and oxygen atoms in total. The number of benzene rings is 2. The highest BCUT2D eigenvalue weighted by molar-refractivity contribution is 7.88. The van der Waals surface area contributed by atoms with Crippen LogP contribution in [0.3, 0.4) is 0 Å². The zero-order valence-electron chi connectivity index (χ0n) is 13.6. The van der Waals surface area contributed by atoms with Gasteiger partial charge in [0.1, 0.15) is 0 Å². The summed E-state index contributed by atoms with van der Waals surface area (Å²) in [7, 11) is -3.46. The minimum atomic E-state index is -3.46. The first kappa shape index (κ1) is 19.4. The molecule has 2 aromatic rings. The first-order valence-electron chi connectivity index (χ1n) is 7.85. The van der Waals surface area contributed by atoms with Crippen LogP contribution in [0, 0.1) is 11.3 Å². The van der Waals surface area contributed by atoms with Crippen LogP contribution in [0.2, 0.25) is 0 Å². The van der Waals surface area contributed by atoms with Crippen LogP contribution >= 0.6 is 12.4 Å². The first-order chi connectivity index (χ1) is 11.6. The van der Waals surface area contributed by atoms with Gasteiger partial charge in [0.05, 0.1) is 17.4 Å². The minimum Gasteiger partial charge on any atom is -0.308 e. The molecule has 0 spiro atoms. The standard InChI is InChI=1S/C18H19N3O2S.ClH/c19-11-14-4-3-5-15(10-14)13-24(22,23)21-12-18-17-7-2-1-6-16(17)8-9-20-18;/h1-7,10,18,20-21H,8-9,12-13H2;1H. The highest BCUT2D eigenvalue weighted by atomic mass is 35.5. The fraction of sp³-hybridized carbons (Fsp3) is 0.278. The topological polar surface area (TPSA) is 82.0 Å². The SMILES string of the molecule is Cl.N#Cc1cccc(CS(=O)(=O)NCC2NCCc3ccccc32)c1. The van der Waals surface area contributed by atoms with Gasteiger partial charge in [-0.3, -0.25) is 0 Å². The normalized spacial score (nSPS) is 16.4. The van der Waals surface area contributed by atoms with Crippen molar-refractivity contribution in [3.05, 3.63) is 70.8 Å². The number of nitriles is 1. The summed E-state index contributed by atoms with van der Waals surface area (Å²) < 4.78 is 27.3. The molecule has 25 heavy (non-hydrogen) atoms. The van der Waals surface area contributed by atoms with Gasteiger partial charge in [-0.25, -0.2) is 13.1 Å². The molecule has 0 bridgehead atoms. The van der Waals surface area contributed by atoms with Crippen LogP contribution in [-0.4, -0.2) is 21.5 Å². The van der Waals surface area contributed by atoms with Gasteiger partial charge >= 0.3 is 0 Å². The Labute approximate surface area is 154 Å². The Balaban J connectivity index is 0.00000225. The fourth-order valence-electron chi connectivity index (χ4n) is 2.99. The molecular weight excluding hydrogens is 358 g/mol. The zero-order chi connectivity index (χ0) is 17.0. The summed E-state index contributed by atoms with van der Waals surface area (Å²) in [5.41, 5.74) is 3.49. The molecule has 2 aromatic carbocycles. The number of nitrogens with one attached hydrogen (secondary N) is 2. The second-order valence-electron chi connectivity index (χ2n) is 5.88. The summed E-state index contributed by atoms with van der Waals surface area (Å²) in [6.07, 6.45) is 0.959. The number of halogens is 1. The quantitative estimate of drug-likeness (QED) is 0.837. The van der Waals surface area contributed by atoms with Gasteiger partial charge in [0, 0.05) is 12.6 Å². The lowest BCUT2D eigenvalue weighted by molar-refractivity contribution is 0.491. The van der Waals surface area contributed by atoms with Crippen molar-refractivity contribution in [2.75, 3.05) is 13.1 Å². The first-order valence-corrected chi connectivity index (χ1v) is 9.50. The van der Waals surface area contributed by atoms with Crippen molar-refractivity contribution >= 4 is 22.4 Å². The molecule has 1 heterocycles. The molecule has 2 N–H and O–H groups in total. The number of hydrogen-bond donors (Lipinski definition) is 2. The molecule has 0 saturated heterocycles. The van der Waals surface area contributed by atoms with Crippen molar-refractivity contribution in [2.24, 2.45) is 0 Å². The van der Waals surface area contributed by atoms with Crippen molar-refractivity contribution in [3.8, 4) is 6.07 Å². The second-order valence-corrected chi connectivity index (χ2v) is 7.68. The highest BCUT2D eigenvalue weighted by Gasteiger charge is 2.21. The van der Waals surface area contributed by atoms with E-state index in [1.807, 2.05) is 24.3 Å². The van der Waals surface area contributed by atoms with E-state index in [0.29, 0.717) is 17.7 Å². The monoisotopic (exact) mass is 377 g/mol. The minimum absolute atomic E-state index is 0. The lowest BCUT2D eigenvalue weighted by Crippen LogP contribution is -2.39. The molecule has 0 aromatic heterocycles. The van der Waals surface area contributed by atoms with Crippen LogP contribution in [-0.2, 0) is 22.2 Å². The molecular formula is C18H20ClN3O2S. The Bertz CT molecular complexity index is 878. The summed E-state index contributed by atoms with van der Waals surface area (Å²) >= 11 is 0. The van der Waals surface area contributed by atoms with E-state index in [0.717, 1.165) is 18.5 Å². The van der Waals surface area contributed by atoms with Gasteiger partial charge in [-0.2, -0.15) is 5.26 Å². The van der Waals surface area contributed by atoms with Crippen molar-refractivity contribution in [1.29, 1.82) is 5.26 Å². The third-order valence-electron chi connectivity index (χ3n) is 4.14. The molecule has 1 atom stereocenters. The molecule has 7 heteroatoms. The Morgan fingerprint density at radius 3 is 2.80 bits per heavy atom. The second kappa shape index (κ2) is 8.45. The summed E-state index contributed by atoms with van der Waals surface area (Å²) in [6.45, 7) is 1.16. The van der Waals surface area contributed by atoms with E-state index < -0.39 is 10.0 Å². The predicted octanol–water partition coefficient (Wildman–Crippen LogP) is 2.29. The molecule has 0 fully saturated rings. The van der Waals surface area contributed by atoms with Gasteiger partial charge in [0.15, 0.2) is 0 Å². The van der Waals surface area contributed by atoms with Gasteiger partial charge in [-0.05, 0) is 41.8 Å². The average molecular weight is 378 g/mol. The molecule has 3 rings (SSSR count). The lowest BCUT2D eigenvalue weighted by Gasteiger charge is -2.27. The van der Waals surface area contributed by atoms with Crippen LogP contribution in [0.5, 0.6) is 0 Å². The third-order valence-corrected chi connectivity index (χ3v) is 5.46. The lowest BCUT2D eigenvalue weighted by atomic mass is 9.95. The van der Waals surface area contributed by atoms with Crippen molar-refractivity contribution < 1.29 is 8.42 Å². The van der Waals surface area contributed by atoms with E-state index in [9.17, 15) is 8.42 Å². The van der Waals surface area contributed by atoms with Crippen LogP contribution < -0.4 is 10.0 Å². The van der Waals surface area contributed by atoms with Gasteiger partial charge < -0.3 is 5.32 Å². The molecule has 1 unspecified atom stereocenters. The van der Waals surface area contributed by atoms with E-state index in [2.05, 4.69) is 16.1 Å². The summed E-state index contributed by atoms with van der Waals surface area (Å²) in [4.78, 5) is 0. The van der Waals surface area contributed by atoms with Crippen LogP contribution in [0.1, 0.15) is 28.3 Å². The van der Waals surface area contributed by atoms with Gasteiger partial charge in [0.2, 0.25) is 10.0 Å². The highest BCUT2D eigenvalue weighted by Crippen LogP contribution is 2.22. The Kier molecular flexibility index (Phi) is 6.57. The number of nitrogens with zero attached hydrogens (tertiary/aromatic N) is 1. The molecule has 0 saturated carbocycles. The van der Waals surface area contributed by atoms with Gasteiger partial charge in [0.25, 0.3) is 0 Å². The van der Waals surface area contributed by atoms with Crippen LogP contribution in [0.25, 0.3) is 0 Å². The van der Waals surface area contributed by atoms with Crippen LogP contribution in [0.15, 0.2) is 48.5 Å². The Morgan fingerprint density at radius 1 is 1.20 bits per heavy atom. The molecule has 0 amide bonds. The summed E-state index contributed by atoms with van der Waals surface area (Å²) in [6, 6.07) is 16.8. The average Bonchev–Trinajstić information content (AvgIpc) is 2.60. The van der Waals surface area contributed by atoms with Crippen LogP contribution in [0.4, 0.5) is 0 Å². The summed E-state index contributed by atoms with van der Waals surface area (Å²) in [5.74, 6) is -0.128.